The normalized spacial score (nSPS) is 10.6. The maximum absolute atomic E-state index is 12.7. The van der Waals surface area contributed by atoms with Crippen LogP contribution in [0.5, 0.6) is 5.75 Å². The Morgan fingerprint density at radius 3 is 2.73 bits per heavy atom. The van der Waals surface area contributed by atoms with Gasteiger partial charge in [0.25, 0.3) is 5.91 Å². The Kier molecular flexibility index (Phi) is 5.86. The van der Waals surface area contributed by atoms with E-state index >= 15 is 0 Å². The van der Waals surface area contributed by atoms with E-state index < -0.39 is 0 Å². The van der Waals surface area contributed by atoms with E-state index in [0.717, 1.165) is 21.2 Å². The van der Waals surface area contributed by atoms with E-state index in [4.69, 9.17) is 16.3 Å². The van der Waals surface area contributed by atoms with E-state index in [0.29, 0.717) is 22.0 Å². The van der Waals surface area contributed by atoms with Gasteiger partial charge in [0, 0.05) is 21.5 Å². The maximum Gasteiger partial charge on any atom is 0.259 e. The summed E-state index contributed by atoms with van der Waals surface area (Å²) < 4.78 is 5.36. The lowest BCUT2D eigenvalue weighted by molar-refractivity contribution is 0.102. The van der Waals surface area contributed by atoms with Crippen LogP contribution in [0.4, 0.5) is 5.69 Å². The summed E-state index contributed by atoms with van der Waals surface area (Å²) in [6.45, 7) is 1.94. The summed E-state index contributed by atoms with van der Waals surface area (Å²) in [5.41, 5.74) is 2.72. The van der Waals surface area contributed by atoms with Gasteiger partial charge in [0.05, 0.1) is 28.4 Å². The zero-order valence-corrected chi connectivity index (χ0v) is 16.9. The zero-order valence-electron chi connectivity index (χ0n) is 14.5. The predicted octanol–water partition coefficient (Wildman–Crippen LogP) is 5.75. The molecule has 0 aliphatic rings. The number of aryl methyl sites for hydroxylation is 1. The van der Waals surface area contributed by atoms with Crippen molar-refractivity contribution < 1.29 is 9.53 Å². The molecule has 0 saturated carbocycles. The molecule has 3 rings (SSSR count). The number of carbonyl (C=O) groups is 1. The summed E-state index contributed by atoms with van der Waals surface area (Å²) in [5, 5.41) is 6.41. The third kappa shape index (κ3) is 4.03. The number of methoxy groups -OCH3 is 1. The van der Waals surface area contributed by atoms with E-state index in [-0.39, 0.29) is 5.91 Å². The molecule has 0 saturated heterocycles. The number of nitrogens with zero attached hydrogens (tertiary/aromatic N) is 1. The van der Waals surface area contributed by atoms with E-state index in [1.165, 1.54) is 0 Å². The Morgan fingerprint density at radius 2 is 2.08 bits per heavy atom. The number of ether oxygens (including phenoxy) is 1. The van der Waals surface area contributed by atoms with Gasteiger partial charge in [-0.1, -0.05) is 11.6 Å². The van der Waals surface area contributed by atoms with Crippen LogP contribution in [-0.2, 0) is 0 Å². The Labute approximate surface area is 165 Å². The summed E-state index contributed by atoms with van der Waals surface area (Å²) in [6, 6.07) is 10.9. The first kappa shape index (κ1) is 18.8. The second kappa shape index (κ2) is 8.12. The Bertz CT molecular complexity index is 956. The van der Waals surface area contributed by atoms with Gasteiger partial charge in [-0.2, -0.15) is 0 Å². The van der Waals surface area contributed by atoms with E-state index in [1.54, 1.807) is 48.4 Å². The van der Waals surface area contributed by atoms with Crippen LogP contribution in [0, 0.1) is 6.92 Å². The van der Waals surface area contributed by atoms with Crippen LogP contribution in [0.15, 0.2) is 46.7 Å². The number of benzene rings is 2. The molecule has 134 valence electrons. The molecule has 1 N–H and O–H groups in total. The molecule has 7 heteroatoms. The van der Waals surface area contributed by atoms with Crippen molar-refractivity contribution in [2.24, 2.45) is 0 Å². The minimum Gasteiger partial charge on any atom is -0.496 e. The van der Waals surface area contributed by atoms with Crippen molar-refractivity contribution in [1.82, 2.24) is 4.98 Å². The molecule has 0 bridgehead atoms. The number of aromatic nitrogens is 1. The summed E-state index contributed by atoms with van der Waals surface area (Å²) >= 11 is 9.46. The largest absolute Gasteiger partial charge is 0.496 e. The predicted molar refractivity (Wildman–Crippen MR) is 110 cm³/mol. The van der Waals surface area contributed by atoms with Crippen molar-refractivity contribution in [2.45, 2.75) is 11.8 Å². The third-order valence-electron chi connectivity index (χ3n) is 3.77. The number of thioether (sulfide) groups is 1. The highest BCUT2D eigenvalue weighted by Crippen LogP contribution is 2.32. The molecular weight excluding hydrogens is 388 g/mol. The molecule has 0 unspecified atom stereocenters. The van der Waals surface area contributed by atoms with Crippen LogP contribution in [0.25, 0.3) is 11.3 Å². The fourth-order valence-corrected chi connectivity index (χ4v) is 3.73. The number of carbonyl (C=O) groups excluding carboxylic acids is 1. The molecule has 0 radical (unpaired) electrons. The first-order valence-corrected chi connectivity index (χ1v) is 10.3. The summed E-state index contributed by atoms with van der Waals surface area (Å²) in [4.78, 5) is 18.2. The number of hydrogen-bond acceptors (Lipinski definition) is 5. The standard InChI is InChI=1S/C19H17ClN2O2S2/c1-11-21-17(10-26-11)15-8-12(4-7-16(15)20)22-19(23)14-6-5-13(25-3)9-18(14)24-2/h4-10H,1-3H3,(H,22,23). The highest BCUT2D eigenvalue weighted by molar-refractivity contribution is 7.98. The molecule has 0 fully saturated rings. The number of amides is 1. The number of hydrogen-bond donors (Lipinski definition) is 1. The molecule has 1 aromatic heterocycles. The topological polar surface area (TPSA) is 51.2 Å². The van der Waals surface area contributed by atoms with Gasteiger partial charge >= 0.3 is 0 Å². The molecule has 3 aromatic rings. The van der Waals surface area contributed by atoms with Crippen LogP contribution < -0.4 is 10.1 Å². The molecule has 0 atom stereocenters. The number of thiazole rings is 1. The highest BCUT2D eigenvalue weighted by Gasteiger charge is 2.15. The first-order valence-electron chi connectivity index (χ1n) is 7.77. The quantitative estimate of drug-likeness (QED) is 0.549. The SMILES string of the molecule is COc1cc(SC)ccc1C(=O)Nc1ccc(Cl)c(-c2csc(C)n2)c1. The van der Waals surface area contributed by atoms with Crippen LogP contribution in [-0.4, -0.2) is 24.3 Å². The third-order valence-corrected chi connectivity index (χ3v) is 5.60. The van der Waals surface area contributed by atoms with Gasteiger partial charge < -0.3 is 10.1 Å². The van der Waals surface area contributed by atoms with Gasteiger partial charge in [-0.3, -0.25) is 4.79 Å². The molecule has 2 aromatic carbocycles. The van der Waals surface area contributed by atoms with E-state index in [9.17, 15) is 4.79 Å². The average molecular weight is 405 g/mol. The van der Waals surface area contributed by atoms with Gasteiger partial charge in [0.2, 0.25) is 0 Å². The molecule has 1 amide bonds. The molecular formula is C19H17ClN2O2S2. The smallest absolute Gasteiger partial charge is 0.259 e. The first-order chi connectivity index (χ1) is 12.5. The fourth-order valence-electron chi connectivity index (χ4n) is 2.47. The molecule has 0 aliphatic carbocycles. The molecule has 26 heavy (non-hydrogen) atoms. The van der Waals surface area contributed by atoms with Crippen molar-refractivity contribution in [3.63, 3.8) is 0 Å². The number of rotatable bonds is 5. The number of halogens is 1. The molecule has 1 heterocycles. The van der Waals surface area contributed by atoms with Gasteiger partial charge in [-0.25, -0.2) is 4.98 Å². The minimum atomic E-state index is -0.239. The van der Waals surface area contributed by atoms with Gasteiger partial charge in [-0.05, 0) is 49.6 Å². The lowest BCUT2D eigenvalue weighted by atomic mass is 10.1. The van der Waals surface area contributed by atoms with E-state index in [2.05, 4.69) is 10.3 Å². The molecule has 0 aliphatic heterocycles. The van der Waals surface area contributed by atoms with Crippen LogP contribution >= 0.6 is 34.7 Å². The molecule has 0 spiro atoms. The summed E-state index contributed by atoms with van der Waals surface area (Å²) in [7, 11) is 1.56. The Balaban J connectivity index is 1.88. The van der Waals surface area contributed by atoms with Gasteiger partial charge in [0.1, 0.15) is 5.75 Å². The van der Waals surface area contributed by atoms with Crippen LogP contribution in [0.3, 0.4) is 0 Å². The summed E-state index contributed by atoms with van der Waals surface area (Å²) in [6.07, 6.45) is 1.98. The lowest BCUT2D eigenvalue weighted by Crippen LogP contribution is -2.13. The van der Waals surface area contributed by atoms with E-state index in [1.807, 2.05) is 36.8 Å². The summed E-state index contributed by atoms with van der Waals surface area (Å²) in [5.74, 6) is 0.302. The van der Waals surface area contributed by atoms with Crippen molar-refractivity contribution in [2.75, 3.05) is 18.7 Å². The Morgan fingerprint density at radius 1 is 1.27 bits per heavy atom. The van der Waals surface area contributed by atoms with Gasteiger partial charge in [0.15, 0.2) is 0 Å². The van der Waals surface area contributed by atoms with Gasteiger partial charge in [-0.15, -0.1) is 23.1 Å². The second-order valence-electron chi connectivity index (χ2n) is 5.47. The Hall–Kier alpha value is -2.02. The van der Waals surface area contributed by atoms with Crippen molar-refractivity contribution in [3.8, 4) is 17.0 Å². The second-order valence-corrected chi connectivity index (χ2v) is 7.82. The van der Waals surface area contributed by atoms with Crippen LogP contribution in [0.2, 0.25) is 5.02 Å². The van der Waals surface area contributed by atoms with Crippen molar-refractivity contribution in [1.29, 1.82) is 0 Å². The monoisotopic (exact) mass is 404 g/mol. The molecule has 4 nitrogen and oxygen atoms in total. The minimum absolute atomic E-state index is 0.239. The number of anilines is 1. The van der Waals surface area contributed by atoms with Crippen molar-refractivity contribution in [3.05, 3.63) is 57.4 Å². The zero-order chi connectivity index (χ0) is 18.7. The average Bonchev–Trinajstić information content (AvgIpc) is 3.08. The fraction of sp³-hybridized carbons (Fsp3) is 0.158. The number of nitrogens with one attached hydrogen (secondary N) is 1. The van der Waals surface area contributed by atoms with Crippen LogP contribution in [0.1, 0.15) is 15.4 Å². The highest BCUT2D eigenvalue weighted by atomic mass is 35.5. The maximum atomic E-state index is 12.7. The lowest BCUT2D eigenvalue weighted by Gasteiger charge is -2.11. The van der Waals surface area contributed by atoms with Crippen molar-refractivity contribution >= 4 is 46.3 Å².